The van der Waals surface area contributed by atoms with Crippen LogP contribution in [-0.2, 0) is 6.54 Å². The Balaban J connectivity index is 1.75. The lowest BCUT2D eigenvalue weighted by Crippen LogP contribution is -2.26. The van der Waals surface area contributed by atoms with E-state index in [9.17, 15) is 28.9 Å². The number of halogens is 2. The molecule has 0 aliphatic carbocycles. The second kappa shape index (κ2) is 9.29. The molecule has 0 unspecified atom stereocenters. The number of aromatic hydroxyl groups is 3. The van der Waals surface area contributed by atoms with Crippen molar-refractivity contribution in [3.63, 3.8) is 0 Å². The second-order valence-corrected chi connectivity index (χ2v) is 7.61. The summed E-state index contributed by atoms with van der Waals surface area (Å²) in [7, 11) is 2.85. The molecule has 9 nitrogen and oxygen atoms in total. The van der Waals surface area contributed by atoms with Crippen LogP contribution in [0.5, 0.6) is 23.3 Å². The van der Waals surface area contributed by atoms with Crippen molar-refractivity contribution in [2.75, 3.05) is 14.2 Å². The molecule has 1 aromatic heterocycles. The molecule has 0 saturated carbocycles. The maximum atomic E-state index is 14.4. The normalized spacial score (nSPS) is 10.9. The number of methoxy groups -OCH3 is 1. The Morgan fingerprint density at radius 3 is 2.49 bits per heavy atom. The number of benzene rings is 3. The highest BCUT2D eigenvalue weighted by molar-refractivity contribution is 5.98. The largest absolute Gasteiger partial charge is 0.507 e. The van der Waals surface area contributed by atoms with E-state index >= 15 is 0 Å². The molecule has 35 heavy (non-hydrogen) atoms. The van der Waals surface area contributed by atoms with Gasteiger partial charge in [-0.05, 0) is 36.4 Å². The zero-order valence-corrected chi connectivity index (χ0v) is 18.6. The van der Waals surface area contributed by atoms with Crippen molar-refractivity contribution in [1.82, 2.24) is 19.7 Å². The minimum atomic E-state index is -0.692. The Kier molecular flexibility index (Phi) is 6.24. The third-order valence-electron chi connectivity index (χ3n) is 5.32. The molecule has 11 heteroatoms. The zero-order valence-electron chi connectivity index (χ0n) is 18.6. The standard InChI is InChI=1S/C24H20F2N4O5/c1-29(12-13-9-14(25)7-8-21(13)35-2)23(33)16-10-15(19(31)11-20(16)32)22-27-28-24(34)30(22)18-6-4-3-5-17(18)26/h3-11,31-32H,12H2,1-2H3,(H,28,34). The van der Waals surface area contributed by atoms with E-state index in [4.69, 9.17) is 4.74 Å². The quantitative estimate of drug-likeness (QED) is 0.384. The van der Waals surface area contributed by atoms with Crippen molar-refractivity contribution < 1.29 is 33.6 Å². The van der Waals surface area contributed by atoms with E-state index in [0.717, 1.165) is 16.7 Å². The number of aromatic nitrogens is 3. The van der Waals surface area contributed by atoms with E-state index in [0.29, 0.717) is 11.3 Å². The van der Waals surface area contributed by atoms with Crippen molar-refractivity contribution >= 4 is 5.91 Å². The van der Waals surface area contributed by atoms with Crippen molar-refractivity contribution in [3.8, 4) is 40.3 Å². The van der Waals surface area contributed by atoms with Gasteiger partial charge in [-0.3, -0.25) is 4.79 Å². The van der Waals surface area contributed by atoms with E-state index in [1.54, 1.807) is 0 Å². The number of rotatable bonds is 6. The molecule has 4 rings (SSSR count). The van der Waals surface area contributed by atoms with Crippen LogP contribution < -0.4 is 4.74 Å². The van der Waals surface area contributed by atoms with Crippen LogP contribution in [0.25, 0.3) is 17.1 Å². The van der Waals surface area contributed by atoms with Gasteiger partial charge in [0.05, 0.1) is 23.9 Å². The Bertz CT molecular complexity index is 1420. The minimum absolute atomic E-state index is 0.0540. The van der Waals surface area contributed by atoms with Crippen molar-refractivity contribution in [2.24, 2.45) is 0 Å². The summed E-state index contributed by atoms with van der Waals surface area (Å²) in [6.45, 7) is -0.0540. The zero-order chi connectivity index (χ0) is 25.3. The topological polar surface area (TPSA) is 121 Å². The summed E-state index contributed by atoms with van der Waals surface area (Å²) in [5.74, 6) is -2.69. The molecule has 0 aliphatic rings. The summed E-state index contributed by atoms with van der Waals surface area (Å²) in [6, 6.07) is 10.8. The van der Waals surface area contributed by atoms with Gasteiger partial charge in [-0.15, -0.1) is 5.10 Å². The third-order valence-corrected chi connectivity index (χ3v) is 5.32. The summed E-state index contributed by atoms with van der Waals surface area (Å²) in [6.07, 6.45) is 0. The molecule has 1 amide bonds. The summed E-state index contributed by atoms with van der Waals surface area (Å²) in [5, 5.41) is 38.4. The van der Waals surface area contributed by atoms with Crippen molar-refractivity contribution in [3.05, 3.63) is 77.4 Å². The molecule has 0 spiro atoms. The van der Waals surface area contributed by atoms with Gasteiger partial charge in [0.25, 0.3) is 5.91 Å². The van der Waals surface area contributed by atoms with Gasteiger partial charge in [-0.2, -0.15) is 0 Å². The Labute approximate surface area is 198 Å². The first-order chi connectivity index (χ1) is 16.7. The van der Waals surface area contributed by atoms with Crippen LogP contribution >= 0.6 is 0 Å². The molecule has 1 heterocycles. The number of phenolic OH excluding ortho intramolecular Hbond substituents is 2. The fourth-order valence-corrected chi connectivity index (χ4v) is 3.64. The van der Waals surface area contributed by atoms with E-state index in [-0.39, 0.29) is 29.2 Å². The van der Waals surface area contributed by atoms with Crippen LogP contribution in [0.1, 0.15) is 15.9 Å². The number of hydrogen-bond acceptors (Lipinski definition) is 7. The maximum Gasteiger partial charge on any atom is 0.319 e. The first kappa shape index (κ1) is 23.5. The highest BCUT2D eigenvalue weighted by Gasteiger charge is 2.25. The molecule has 4 aromatic rings. The molecule has 0 bridgehead atoms. The van der Waals surface area contributed by atoms with Gasteiger partial charge in [0.15, 0.2) is 5.82 Å². The van der Waals surface area contributed by atoms with Gasteiger partial charge in [0, 0.05) is 25.2 Å². The molecule has 0 fully saturated rings. The minimum Gasteiger partial charge on any atom is -0.507 e. The van der Waals surface area contributed by atoms with Crippen molar-refractivity contribution in [2.45, 2.75) is 6.54 Å². The van der Waals surface area contributed by atoms with Gasteiger partial charge in [0.2, 0.25) is 0 Å². The summed E-state index contributed by atoms with van der Waals surface area (Å²) in [4.78, 5) is 14.4. The Hall–Kier alpha value is -4.67. The molecule has 0 atom stereocenters. The number of para-hydroxylation sites is 1. The average Bonchev–Trinajstić information content (AvgIpc) is 3.20. The molecule has 0 radical (unpaired) electrons. The van der Waals surface area contributed by atoms with Gasteiger partial charge >= 0.3 is 6.01 Å². The number of carbonyl (C=O) groups is 1. The summed E-state index contributed by atoms with van der Waals surface area (Å²) in [5.41, 5.74) is -0.0242. The lowest BCUT2D eigenvalue weighted by atomic mass is 10.1. The van der Waals surface area contributed by atoms with Crippen LogP contribution in [0.4, 0.5) is 8.78 Å². The smallest absolute Gasteiger partial charge is 0.319 e. The molecule has 180 valence electrons. The number of nitrogens with zero attached hydrogens (tertiary/aromatic N) is 4. The number of phenols is 2. The van der Waals surface area contributed by atoms with E-state index in [1.807, 2.05) is 0 Å². The van der Waals surface area contributed by atoms with Gasteiger partial charge in [-0.25, -0.2) is 13.3 Å². The predicted molar refractivity (Wildman–Crippen MR) is 120 cm³/mol. The Morgan fingerprint density at radius 2 is 1.77 bits per heavy atom. The lowest BCUT2D eigenvalue weighted by molar-refractivity contribution is 0.0781. The lowest BCUT2D eigenvalue weighted by Gasteiger charge is -2.20. The first-order valence-electron chi connectivity index (χ1n) is 10.2. The number of carbonyl (C=O) groups excluding carboxylic acids is 1. The van der Waals surface area contributed by atoms with Gasteiger partial charge < -0.3 is 25.0 Å². The second-order valence-electron chi connectivity index (χ2n) is 7.61. The first-order valence-corrected chi connectivity index (χ1v) is 10.2. The molecular formula is C24H20F2N4O5. The summed E-state index contributed by atoms with van der Waals surface area (Å²) >= 11 is 0. The highest BCUT2D eigenvalue weighted by atomic mass is 19.1. The number of hydrogen-bond donors (Lipinski definition) is 3. The highest BCUT2D eigenvalue weighted by Crippen LogP contribution is 2.37. The third kappa shape index (κ3) is 4.43. The van der Waals surface area contributed by atoms with Crippen LogP contribution in [0.3, 0.4) is 0 Å². The van der Waals surface area contributed by atoms with E-state index in [2.05, 4.69) is 10.2 Å². The SMILES string of the molecule is COc1ccc(F)cc1CN(C)C(=O)c1cc(-c2nnc(O)n2-c2ccccc2F)c(O)cc1O. The van der Waals surface area contributed by atoms with E-state index < -0.39 is 35.1 Å². The molecular weight excluding hydrogens is 462 g/mol. The van der Waals surface area contributed by atoms with Crippen molar-refractivity contribution in [1.29, 1.82) is 0 Å². The van der Waals surface area contributed by atoms with Crippen LogP contribution in [-0.4, -0.2) is 55.0 Å². The van der Waals surface area contributed by atoms with E-state index in [1.165, 1.54) is 61.5 Å². The van der Waals surface area contributed by atoms with Crippen LogP contribution in [0.15, 0.2) is 54.6 Å². The van der Waals surface area contributed by atoms with Gasteiger partial charge in [0.1, 0.15) is 28.9 Å². The molecule has 3 N–H and O–H groups in total. The average molecular weight is 482 g/mol. The molecule has 0 aliphatic heterocycles. The Morgan fingerprint density at radius 1 is 1.03 bits per heavy atom. The molecule has 0 saturated heterocycles. The molecule has 3 aromatic carbocycles. The van der Waals surface area contributed by atoms with Crippen LogP contribution in [0.2, 0.25) is 0 Å². The predicted octanol–water partition coefficient (Wildman–Crippen LogP) is 3.61. The fraction of sp³-hybridized carbons (Fsp3) is 0.125. The number of ether oxygens (including phenoxy) is 1. The maximum absolute atomic E-state index is 14.4. The number of amides is 1. The monoisotopic (exact) mass is 482 g/mol. The van der Waals surface area contributed by atoms with Gasteiger partial charge in [-0.1, -0.05) is 17.2 Å². The fourth-order valence-electron chi connectivity index (χ4n) is 3.64. The van der Waals surface area contributed by atoms with Crippen LogP contribution in [0, 0.1) is 11.6 Å². The summed E-state index contributed by atoms with van der Waals surface area (Å²) < 4.78 is 34.3.